The van der Waals surface area contributed by atoms with E-state index in [4.69, 9.17) is 0 Å². The van der Waals surface area contributed by atoms with E-state index in [1.54, 1.807) is 0 Å². The molecule has 0 amide bonds. The molecule has 10 aromatic carbocycles. The fraction of sp³-hybridized carbons (Fsp3) is 0.0820. The Labute approximate surface area is 370 Å². The molecule has 0 N–H and O–H groups in total. The lowest BCUT2D eigenvalue weighted by molar-refractivity contribution is 0.802. The first-order valence-electron chi connectivity index (χ1n) is 22.1. The zero-order chi connectivity index (χ0) is 42.4. The first-order chi connectivity index (χ1) is 30.9. The maximum Gasteiger partial charge on any atom is 0.0731 e. The fourth-order valence-corrected chi connectivity index (χ4v) is 10.9. The van der Waals surface area contributed by atoms with E-state index in [1.807, 2.05) is 0 Å². The third-order valence-electron chi connectivity index (χ3n) is 13.7. The van der Waals surface area contributed by atoms with Crippen molar-refractivity contribution in [2.75, 3.05) is 9.80 Å². The molecule has 0 saturated carbocycles. The van der Waals surface area contributed by atoms with Crippen LogP contribution in [-0.4, -0.2) is 0 Å². The average molecular weight is 807 g/mol. The van der Waals surface area contributed by atoms with Crippen LogP contribution in [0.5, 0.6) is 0 Å². The van der Waals surface area contributed by atoms with E-state index in [2.05, 4.69) is 244 Å². The van der Waals surface area contributed by atoms with Crippen LogP contribution in [-0.2, 0) is 5.41 Å². The Morgan fingerprint density at radius 1 is 0.317 bits per heavy atom. The van der Waals surface area contributed by atoms with Gasteiger partial charge in [0.25, 0.3) is 0 Å². The summed E-state index contributed by atoms with van der Waals surface area (Å²) in [5.41, 5.74) is 22.0. The quantitative estimate of drug-likeness (QED) is 0.165. The minimum absolute atomic E-state index is 0.512. The van der Waals surface area contributed by atoms with E-state index in [-0.39, 0.29) is 0 Å². The Morgan fingerprint density at radius 3 is 1.41 bits per heavy atom. The van der Waals surface area contributed by atoms with Gasteiger partial charge in [-0.25, -0.2) is 0 Å². The van der Waals surface area contributed by atoms with Crippen molar-refractivity contribution in [3.8, 4) is 22.3 Å². The molecule has 0 atom stereocenters. The van der Waals surface area contributed by atoms with Gasteiger partial charge < -0.3 is 9.80 Å². The summed E-state index contributed by atoms with van der Waals surface area (Å²) in [6.45, 7) is 8.78. The molecule has 0 heterocycles. The third-order valence-corrected chi connectivity index (χ3v) is 13.7. The van der Waals surface area contributed by atoms with E-state index >= 15 is 0 Å². The number of fused-ring (bicyclic) bond motifs is 13. The van der Waals surface area contributed by atoms with Gasteiger partial charge in [-0.1, -0.05) is 133 Å². The molecule has 0 aromatic heterocycles. The van der Waals surface area contributed by atoms with Gasteiger partial charge in [-0.15, -0.1) is 0 Å². The van der Waals surface area contributed by atoms with E-state index in [9.17, 15) is 0 Å². The summed E-state index contributed by atoms with van der Waals surface area (Å²) in [5.74, 6) is 0. The highest BCUT2D eigenvalue weighted by Gasteiger charge is 2.52. The van der Waals surface area contributed by atoms with Gasteiger partial charge in [-0.3, -0.25) is 0 Å². The molecule has 63 heavy (non-hydrogen) atoms. The summed E-state index contributed by atoms with van der Waals surface area (Å²) in [7, 11) is 0. The van der Waals surface area contributed by atoms with Crippen LogP contribution in [0.2, 0.25) is 0 Å². The number of rotatable bonds is 6. The van der Waals surface area contributed by atoms with E-state index in [0.717, 1.165) is 22.7 Å². The summed E-state index contributed by atoms with van der Waals surface area (Å²) in [5, 5.41) is 4.97. The molecule has 0 radical (unpaired) electrons. The first-order valence-corrected chi connectivity index (χ1v) is 22.1. The highest BCUT2D eigenvalue weighted by molar-refractivity contribution is 6.07. The molecule has 0 saturated heterocycles. The van der Waals surface area contributed by atoms with Gasteiger partial charge in [0, 0.05) is 34.1 Å². The molecule has 10 aromatic rings. The largest absolute Gasteiger partial charge is 0.310 e. The predicted molar refractivity (Wildman–Crippen MR) is 266 cm³/mol. The van der Waals surface area contributed by atoms with Crippen molar-refractivity contribution in [3.05, 3.63) is 251 Å². The number of benzene rings is 10. The summed E-state index contributed by atoms with van der Waals surface area (Å²) < 4.78 is 0. The molecule has 2 nitrogen and oxygen atoms in total. The normalized spacial score (nSPS) is 12.9. The van der Waals surface area contributed by atoms with Gasteiger partial charge in [0.05, 0.1) is 5.41 Å². The van der Waals surface area contributed by atoms with Crippen LogP contribution in [0.4, 0.5) is 34.1 Å². The SMILES string of the molecule is Cc1ccc(C)c(N(c2ccccc2)c2ccc3cc4c(cc3c2)C2(c3ccccc3-c3ccccc32)c2c-4ccc3cc(N(c4ccccc4)c4cc(C)ccc4C)ccc23)c1. The van der Waals surface area contributed by atoms with Crippen molar-refractivity contribution in [1.82, 2.24) is 0 Å². The summed E-state index contributed by atoms with van der Waals surface area (Å²) in [4.78, 5) is 4.84. The number of nitrogens with zero attached hydrogens (tertiary/aromatic N) is 2. The van der Waals surface area contributed by atoms with Crippen molar-refractivity contribution < 1.29 is 0 Å². The standard InChI is InChI=1S/C61H46N2/c1-39-23-25-41(3)58(33-39)62(46-15-7-5-8-16-46)48-29-27-43-37-54-53-31-28-44-35-49(63(47-17-9-6-10-18-47)59-34-40(2)24-26-42(59)4)30-32-50(44)60(53)61(57(54)38-45(43)36-48)55-21-13-11-19-51(55)52-20-12-14-22-56(52)61/h5-38H,1-4H3. The Balaban J connectivity index is 1.11. The van der Waals surface area contributed by atoms with Gasteiger partial charge in [0.2, 0.25) is 0 Å². The van der Waals surface area contributed by atoms with Crippen molar-refractivity contribution in [2.24, 2.45) is 0 Å². The highest BCUT2D eigenvalue weighted by Crippen LogP contribution is 2.64. The highest BCUT2D eigenvalue weighted by atomic mass is 15.1. The van der Waals surface area contributed by atoms with Crippen molar-refractivity contribution in [1.29, 1.82) is 0 Å². The van der Waals surface area contributed by atoms with Gasteiger partial charge in [-0.2, -0.15) is 0 Å². The smallest absolute Gasteiger partial charge is 0.0731 e. The number of hydrogen-bond donors (Lipinski definition) is 0. The minimum atomic E-state index is -0.512. The molecule has 2 heteroatoms. The van der Waals surface area contributed by atoms with Crippen LogP contribution in [0, 0.1) is 27.7 Å². The van der Waals surface area contributed by atoms with Crippen LogP contribution in [0.3, 0.4) is 0 Å². The van der Waals surface area contributed by atoms with Crippen LogP contribution >= 0.6 is 0 Å². The fourth-order valence-electron chi connectivity index (χ4n) is 10.9. The Bertz CT molecular complexity index is 3410. The number of para-hydroxylation sites is 2. The lowest BCUT2D eigenvalue weighted by Crippen LogP contribution is -2.26. The van der Waals surface area contributed by atoms with Gasteiger partial charge in [0.1, 0.15) is 0 Å². The Kier molecular flexibility index (Phi) is 8.36. The van der Waals surface area contributed by atoms with Crippen molar-refractivity contribution in [3.63, 3.8) is 0 Å². The zero-order valence-corrected chi connectivity index (χ0v) is 36.0. The van der Waals surface area contributed by atoms with Crippen LogP contribution < -0.4 is 9.80 Å². The summed E-state index contributed by atoms with van der Waals surface area (Å²) in [6.07, 6.45) is 0. The van der Waals surface area contributed by atoms with Gasteiger partial charge >= 0.3 is 0 Å². The van der Waals surface area contributed by atoms with Crippen molar-refractivity contribution in [2.45, 2.75) is 33.1 Å². The Morgan fingerprint density at radius 2 is 0.825 bits per heavy atom. The monoisotopic (exact) mass is 806 g/mol. The van der Waals surface area contributed by atoms with E-state index in [0.29, 0.717) is 0 Å². The zero-order valence-electron chi connectivity index (χ0n) is 36.0. The number of hydrogen-bond acceptors (Lipinski definition) is 2. The van der Waals surface area contributed by atoms with E-state index < -0.39 is 5.41 Å². The molecule has 12 rings (SSSR count). The topological polar surface area (TPSA) is 6.48 Å². The maximum atomic E-state index is 2.52. The first kappa shape index (κ1) is 37.1. The minimum Gasteiger partial charge on any atom is -0.310 e. The van der Waals surface area contributed by atoms with E-state index in [1.165, 1.54) is 99.7 Å². The molecule has 0 fully saturated rings. The summed E-state index contributed by atoms with van der Waals surface area (Å²) in [6, 6.07) is 77.3. The number of aryl methyl sites for hydroxylation is 4. The van der Waals surface area contributed by atoms with Crippen LogP contribution in [0.25, 0.3) is 43.8 Å². The van der Waals surface area contributed by atoms with Crippen LogP contribution in [0.1, 0.15) is 44.5 Å². The molecule has 1 spiro atoms. The molecule has 300 valence electrons. The predicted octanol–water partition coefficient (Wildman–Crippen LogP) is 16.5. The molecule has 0 aliphatic heterocycles. The van der Waals surface area contributed by atoms with Gasteiger partial charge in [-0.05, 0) is 189 Å². The second kappa shape index (κ2) is 14.2. The average Bonchev–Trinajstić information content (AvgIpc) is 3.78. The number of anilines is 6. The third kappa shape index (κ3) is 5.57. The van der Waals surface area contributed by atoms with Crippen LogP contribution in [0.15, 0.2) is 206 Å². The lowest BCUT2D eigenvalue weighted by atomic mass is 9.69. The molecular formula is C61H46N2. The molecule has 2 aliphatic rings. The Hall–Kier alpha value is -7.68. The molecule has 2 aliphatic carbocycles. The van der Waals surface area contributed by atoms with Gasteiger partial charge in [0.15, 0.2) is 0 Å². The lowest BCUT2D eigenvalue weighted by Gasteiger charge is -2.32. The molecule has 0 bridgehead atoms. The second-order valence-electron chi connectivity index (χ2n) is 17.6. The molecule has 0 unspecified atom stereocenters. The maximum absolute atomic E-state index is 2.52. The van der Waals surface area contributed by atoms with Crippen molar-refractivity contribution >= 4 is 55.7 Å². The summed E-state index contributed by atoms with van der Waals surface area (Å²) >= 11 is 0. The second-order valence-corrected chi connectivity index (χ2v) is 17.6. The molecular weight excluding hydrogens is 761 g/mol.